The van der Waals surface area contributed by atoms with E-state index in [-0.39, 0.29) is 13.0 Å². The Morgan fingerprint density at radius 1 is 1.07 bits per heavy atom. The number of carbonyl (C=O) groups is 3. The summed E-state index contributed by atoms with van der Waals surface area (Å²) in [5, 5.41) is 8.45. The monoisotopic (exact) mass is 515 g/mol. The molecule has 0 saturated carbocycles. The SMILES string of the molecule is COC(=O)CNC(=O)N[C@](C)(Cc1ccc(Br)cc1)C(=O)Nc1cc(Cl)cc(Cl)c1. The number of urea groups is 1. The highest BCUT2D eigenvalue weighted by molar-refractivity contribution is 9.10. The van der Waals surface area contributed by atoms with Crippen LogP contribution in [0.2, 0.25) is 10.0 Å². The quantitative estimate of drug-likeness (QED) is 0.481. The summed E-state index contributed by atoms with van der Waals surface area (Å²) in [6.45, 7) is 1.25. The molecule has 30 heavy (non-hydrogen) atoms. The van der Waals surface area contributed by atoms with Gasteiger partial charge in [0.25, 0.3) is 0 Å². The van der Waals surface area contributed by atoms with E-state index in [2.05, 4.69) is 36.6 Å². The van der Waals surface area contributed by atoms with E-state index in [4.69, 9.17) is 23.2 Å². The van der Waals surface area contributed by atoms with Gasteiger partial charge >= 0.3 is 12.0 Å². The van der Waals surface area contributed by atoms with Crippen molar-refractivity contribution in [2.75, 3.05) is 19.0 Å². The molecule has 10 heteroatoms. The summed E-state index contributed by atoms with van der Waals surface area (Å²) in [5.41, 5.74) is -0.160. The van der Waals surface area contributed by atoms with Crippen LogP contribution in [0.5, 0.6) is 0 Å². The lowest BCUT2D eigenvalue weighted by Crippen LogP contribution is -2.58. The Labute approximate surface area is 192 Å². The molecule has 1 atom stereocenters. The number of halogens is 3. The lowest BCUT2D eigenvalue weighted by atomic mass is 9.91. The van der Waals surface area contributed by atoms with Crippen LogP contribution in [0, 0.1) is 0 Å². The molecule has 2 rings (SSSR count). The summed E-state index contributed by atoms with van der Waals surface area (Å²) < 4.78 is 5.38. The molecule has 0 fully saturated rings. The van der Waals surface area contributed by atoms with Gasteiger partial charge < -0.3 is 20.7 Å². The van der Waals surface area contributed by atoms with Crippen molar-refractivity contribution in [1.29, 1.82) is 0 Å². The second kappa shape index (κ2) is 10.7. The molecule has 0 saturated heterocycles. The molecule has 3 amide bonds. The van der Waals surface area contributed by atoms with Gasteiger partial charge in [0.15, 0.2) is 0 Å². The summed E-state index contributed by atoms with van der Waals surface area (Å²) >= 11 is 15.4. The van der Waals surface area contributed by atoms with Crippen LogP contribution < -0.4 is 16.0 Å². The Morgan fingerprint density at radius 2 is 1.67 bits per heavy atom. The lowest BCUT2D eigenvalue weighted by molar-refractivity contribution is -0.139. The number of hydrogen-bond donors (Lipinski definition) is 3. The molecule has 0 bridgehead atoms. The zero-order valence-corrected chi connectivity index (χ0v) is 19.3. The van der Waals surface area contributed by atoms with E-state index in [0.717, 1.165) is 10.0 Å². The minimum absolute atomic E-state index is 0.187. The summed E-state index contributed by atoms with van der Waals surface area (Å²) in [5.74, 6) is -1.10. The number of methoxy groups -OCH3 is 1. The smallest absolute Gasteiger partial charge is 0.325 e. The zero-order valence-electron chi connectivity index (χ0n) is 16.2. The first-order chi connectivity index (χ1) is 14.1. The fourth-order valence-electron chi connectivity index (χ4n) is 2.61. The first kappa shape index (κ1) is 24.0. The van der Waals surface area contributed by atoms with Crippen molar-refractivity contribution in [3.8, 4) is 0 Å². The normalized spacial score (nSPS) is 12.4. The van der Waals surface area contributed by atoms with Gasteiger partial charge in [-0.3, -0.25) is 9.59 Å². The number of benzene rings is 2. The van der Waals surface area contributed by atoms with Gasteiger partial charge in [0.2, 0.25) is 5.91 Å². The van der Waals surface area contributed by atoms with Crippen LogP contribution in [0.4, 0.5) is 10.5 Å². The van der Waals surface area contributed by atoms with E-state index in [1.54, 1.807) is 19.1 Å². The van der Waals surface area contributed by atoms with Gasteiger partial charge in [0.05, 0.1) is 7.11 Å². The van der Waals surface area contributed by atoms with Crippen molar-refractivity contribution in [1.82, 2.24) is 10.6 Å². The maximum absolute atomic E-state index is 13.1. The van der Waals surface area contributed by atoms with Crippen LogP contribution in [0.1, 0.15) is 12.5 Å². The fraction of sp³-hybridized carbons (Fsp3) is 0.250. The summed E-state index contributed by atoms with van der Waals surface area (Å²) in [6.07, 6.45) is 0.187. The molecule has 160 valence electrons. The Bertz CT molecular complexity index is 920. The Kier molecular flexibility index (Phi) is 8.52. The average molecular weight is 517 g/mol. The number of carbonyl (C=O) groups excluding carboxylic acids is 3. The third-order valence-corrected chi connectivity index (χ3v) is 5.07. The van der Waals surface area contributed by atoms with Crippen molar-refractivity contribution in [2.45, 2.75) is 18.9 Å². The molecule has 0 aliphatic rings. The van der Waals surface area contributed by atoms with Crippen molar-refractivity contribution in [3.05, 3.63) is 62.5 Å². The van der Waals surface area contributed by atoms with Crippen molar-refractivity contribution in [3.63, 3.8) is 0 Å². The molecule has 3 N–H and O–H groups in total. The Hall–Kier alpha value is -2.29. The van der Waals surface area contributed by atoms with Crippen LogP contribution in [-0.2, 0) is 20.7 Å². The van der Waals surface area contributed by atoms with Crippen LogP contribution in [0.15, 0.2) is 46.9 Å². The molecule has 0 unspecified atom stereocenters. The molecular formula is C20H20BrCl2N3O4. The number of ether oxygens (including phenoxy) is 1. The van der Waals surface area contributed by atoms with Gasteiger partial charge in [-0.1, -0.05) is 51.3 Å². The van der Waals surface area contributed by atoms with Crippen LogP contribution in [0.25, 0.3) is 0 Å². The average Bonchev–Trinajstić information content (AvgIpc) is 2.67. The highest BCUT2D eigenvalue weighted by atomic mass is 79.9. The second-order valence-corrected chi connectivity index (χ2v) is 8.42. The van der Waals surface area contributed by atoms with E-state index in [0.29, 0.717) is 15.7 Å². The minimum atomic E-state index is -1.36. The predicted molar refractivity (Wildman–Crippen MR) is 120 cm³/mol. The first-order valence-corrected chi connectivity index (χ1v) is 10.3. The van der Waals surface area contributed by atoms with Crippen molar-refractivity contribution >= 4 is 62.7 Å². The predicted octanol–water partition coefficient (Wildman–Crippen LogP) is 4.17. The molecule has 0 aromatic heterocycles. The van der Waals surface area contributed by atoms with Crippen LogP contribution in [0.3, 0.4) is 0 Å². The molecule has 0 aliphatic heterocycles. The topological polar surface area (TPSA) is 96.5 Å². The van der Waals surface area contributed by atoms with Crippen molar-refractivity contribution < 1.29 is 19.1 Å². The second-order valence-electron chi connectivity index (χ2n) is 6.63. The molecule has 2 aromatic carbocycles. The van der Waals surface area contributed by atoms with Crippen molar-refractivity contribution in [2.24, 2.45) is 0 Å². The summed E-state index contributed by atoms with van der Waals surface area (Å²) in [6, 6.07) is 11.3. The van der Waals surface area contributed by atoms with Gasteiger partial charge in [0.1, 0.15) is 12.1 Å². The molecule has 0 heterocycles. The largest absolute Gasteiger partial charge is 0.468 e. The Balaban J connectivity index is 2.23. The zero-order chi connectivity index (χ0) is 22.3. The highest BCUT2D eigenvalue weighted by Gasteiger charge is 2.35. The van der Waals surface area contributed by atoms with E-state index < -0.39 is 23.4 Å². The third kappa shape index (κ3) is 7.19. The van der Waals surface area contributed by atoms with Crippen LogP contribution >= 0.6 is 39.1 Å². The van der Waals surface area contributed by atoms with Gasteiger partial charge in [0, 0.05) is 26.6 Å². The maximum Gasteiger partial charge on any atom is 0.325 e. The molecule has 2 aromatic rings. The van der Waals surface area contributed by atoms with E-state index >= 15 is 0 Å². The molecular weight excluding hydrogens is 497 g/mol. The summed E-state index contributed by atoms with van der Waals surface area (Å²) in [4.78, 5) is 36.7. The summed E-state index contributed by atoms with van der Waals surface area (Å²) in [7, 11) is 1.21. The van der Waals surface area contributed by atoms with E-state index in [1.807, 2.05) is 24.3 Å². The fourth-order valence-corrected chi connectivity index (χ4v) is 3.40. The van der Waals surface area contributed by atoms with E-state index in [9.17, 15) is 14.4 Å². The Morgan fingerprint density at radius 3 is 2.23 bits per heavy atom. The number of esters is 1. The van der Waals surface area contributed by atoms with Gasteiger partial charge in [-0.25, -0.2) is 4.79 Å². The van der Waals surface area contributed by atoms with Gasteiger partial charge in [-0.05, 0) is 42.8 Å². The maximum atomic E-state index is 13.1. The molecule has 7 nitrogen and oxygen atoms in total. The number of hydrogen-bond acceptors (Lipinski definition) is 4. The number of amides is 3. The number of nitrogens with one attached hydrogen (secondary N) is 3. The number of anilines is 1. The highest BCUT2D eigenvalue weighted by Crippen LogP contribution is 2.24. The minimum Gasteiger partial charge on any atom is -0.468 e. The molecule has 0 aliphatic carbocycles. The number of rotatable bonds is 7. The molecule has 0 radical (unpaired) electrons. The van der Waals surface area contributed by atoms with Crippen LogP contribution in [-0.4, -0.2) is 37.1 Å². The molecule has 0 spiro atoms. The van der Waals surface area contributed by atoms with Gasteiger partial charge in [-0.15, -0.1) is 0 Å². The standard InChI is InChI=1S/C20H20BrCl2N3O4/c1-20(10-12-3-5-13(21)6-4-12,26-19(29)24-11-17(27)30-2)18(28)25-16-8-14(22)7-15(23)9-16/h3-9H,10-11H2,1-2H3,(H,25,28)(H2,24,26,29)/t20-/m1/s1. The first-order valence-electron chi connectivity index (χ1n) is 8.76. The third-order valence-electron chi connectivity index (χ3n) is 4.10. The van der Waals surface area contributed by atoms with Gasteiger partial charge in [-0.2, -0.15) is 0 Å². The lowest BCUT2D eigenvalue weighted by Gasteiger charge is -2.30. The van der Waals surface area contributed by atoms with E-state index in [1.165, 1.54) is 13.2 Å².